The first-order valence-corrected chi connectivity index (χ1v) is 12.7. The number of urea groups is 1. The zero-order chi connectivity index (χ0) is 27.1. The molecule has 3 aromatic carbocycles. The molecule has 1 aliphatic rings. The van der Waals surface area contributed by atoms with E-state index in [0.717, 1.165) is 40.8 Å². The molecule has 1 heterocycles. The van der Waals surface area contributed by atoms with E-state index in [1.807, 2.05) is 66.4 Å². The van der Waals surface area contributed by atoms with Crippen LogP contribution in [0.25, 0.3) is 0 Å². The van der Waals surface area contributed by atoms with E-state index in [1.54, 1.807) is 12.1 Å². The Kier molecular flexibility index (Phi) is 8.63. The number of carbonyl (C=O) groups excluding carboxylic acids is 2. The Bertz CT molecular complexity index is 1320. The van der Waals surface area contributed by atoms with Crippen molar-refractivity contribution >= 4 is 29.3 Å². The Morgan fingerprint density at radius 2 is 1.76 bits per heavy atom. The molecular formula is C30H33N3O5. The van der Waals surface area contributed by atoms with Crippen molar-refractivity contribution in [2.24, 2.45) is 0 Å². The number of likely N-dealkylation sites (tertiary alicyclic amines) is 1. The minimum Gasteiger partial charge on any atom is -0.495 e. The lowest BCUT2D eigenvalue weighted by molar-refractivity contribution is -0.137. The summed E-state index contributed by atoms with van der Waals surface area (Å²) in [6, 6.07) is 20.3. The molecule has 0 saturated carbocycles. The first-order chi connectivity index (χ1) is 18.3. The van der Waals surface area contributed by atoms with Crippen LogP contribution in [0.2, 0.25) is 0 Å². The van der Waals surface area contributed by atoms with Crippen LogP contribution in [-0.2, 0) is 22.4 Å². The normalized spacial score (nSPS) is 14.7. The number of methoxy groups -OCH3 is 1. The van der Waals surface area contributed by atoms with Crippen molar-refractivity contribution in [3.05, 3.63) is 89.0 Å². The fraction of sp³-hybridized carbons (Fsp3) is 0.300. The summed E-state index contributed by atoms with van der Waals surface area (Å²) in [6.45, 7) is 2.60. The summed E-state index contributed by atoms with van der Waals surface area (Å²) in [7, 11) is 1.53. The number of ether oxygens (including phenoxy) is 1. The maximum Gasteiger partial charge on any atom is 0.323 e. The van der Waals surface area contributed by atoms with Crippen LogP contribution in [0.5, 0.6) is 5.75 Å². The molecule has 0 aliphatic carbocycles. The van der Waals surface area contributed by atoms with E-state index in [9.17, 15) is 14.4 Å². The Morgan fingerprint density at radius 1 is 0.974 bits per heavy atom. The number of aryl methyl sites for hydroxylation is 2. The summed E-state index contributed by atoms with van der Waals surface area (Å²) < 4.78 is 5.50. The van der Waals surface area contributed by atoms with Crippen LogP contribution in [0, 0.1) is 6.92 Å². The van der Waals surface area contributed by atoms with Crippen LogP contribution in [0.15, 0.2) is 66.7 Å². The van der Waals surface area contributed by atoms with E-state index in [1.165, 1.54) is 7.11 Å². The van der Waals surface area contributed by atoms with E-state index < -0.39 is 5.97 Å². The summed E-state index contributed by atoms with van der Waals surface area (Å²) >= 11 is 0. The van der Waals surface area contributed by atoms with Crippen LogP contribution in [0.1, 0.15) is 47.6 Å². The SMILES string of the molecule is COc1cc(CC(=O)N2CCCC2c2cccc(CCC(=O)O)c2)ccc1NC(=O)Nc1ccccc1C. The largest absolute Gasteiger partial charge is 0.495 e. The second-order valence-electron chi connectivity index (χ2n) is 9.49. The highest BCUT2D eigenvalue weighted by Crippen LogP contribution is 2.34. The van der Waals surface area contributed by atoms with Gasteiger partial charge >= 0.3 is 12.0 Å². The van der Waals surface area contributed by atoms with Gasteiger partial charge in [0.25, 0.3) is 0 Å². The molecule has 38 heavy (non-hydrogen) atoms. The molecule has 0 bridgehead atoms. The summed E-state index contributed by atoms with van der Waals surface area (Å²) in [5.74, 6) is -0.334. The van der Waals surface area contributed by atoms with Gasteiger partial charge in [0.1, 0.15) is 5.75 Å². The monoisotopic (exact) mass is 515 g/mol. The van der Waals surface area contributed by atoms with Gasteiger partial charge in [-0.15, -0.1) is 0 Å². The molecule has 0 radical (unpaired) electrons. The van der Waals surface area contributed by atoms with E-state index in [-0.39, 0.29) is 30.8 Å². The predicted octanol–water partition coefficient (Wildman–Crippen LogP) is 5.57. The van der Waals surface area contributed by atoms with Crippen molar-refractivity contribution in [1.29, 1.82) is 0 Å². The fourth-order valence-corrected chi connectivity index (χ4v) is 4.83. The van der Waals surface area contributed by atoms with Crippen molar-refractivity contribution in [2.75, 3.05) is 24.3 Å². The van der Waals surface area contributed by atoms with Crippen LogP contribution < -0.4 is 15.4 Å². The molecule has 3 amide bonds. The van der Waals surface area contributed by atoms with Gasteiger partial charge in [0.05, 0.1) is 25.3 Å². The lowest BCUT2D eigenvalue weighted by atomic mass is 9.99. The number of hydrogen-bond acceptors (Lipinski definition) is 4. The number of carboxylic acids is 1. The molecule has 8 nitrogen and oxygen atoms in total. The van der Waals surface area contributed by atoms with Crippen LogP contribution >= 0.6 is 0 Å². The molecule has 0 aromatic heterocycles. The minimum absolute atomic E-state index is 0.0171. The molecule has 0 spiro atoms. The number of nitrogens with one attached hydrogen (secondary N) is 2. The Balaban J connectivity index is 1.42. The van der Waals surface area contributed by atoms with Crippen molar-refractivity contribution in [3.63, 3.8) is 0 Å². The number of carboxylic acid groups (broad SMARTS) is 1. The number of benzene rings is 3. The lowest BCUT2D eigenvalue weighted by Gasteiger charge is -2.26. The Hall–Kier alpha value is -4.33. The van der Waals surface area contributed by atoms with Gasteiger partial charge in [-0.2, -0.15) is 0 Å². The van der Waals surface area contributed by atoms with Gasteiger partial charge in [-0.05, 0) is 66.6 Å². The molecule has 198 valence electrons. The highest BCUT2D eigenvalue weighted by molar-refractivity contribution is 6.01. The molecule has 8 heteroatoms. The van der Waals surface area contributed by atoms with Crippen LogP contribution in [0.3, 0.4) is 0 Å². The van der Waals surface area contributed by atoms with Crippen molar-refractivity contribution in [3.8, 4) is 5.75 Å². The van der Waals surface area contributed by atoms with Gasteiger partial charge in [0, 0.05) is 18.7 Å². The third-order valence-electron chi connectivity index (χ3n) is 6.80. The number of anilines is 2. The summed E-state index contributed by atoms with van der Waals surface area (Å²) in [4.78, 5) is 38.7. The van der Waals surface area contributed by atoms with Gasteiger partial charge in [-0.3, -0.25) is 9.59 Å². The zero-order valence-electron chi connectivity index (χ0n) is 21.7. The standard InChI is InChI=1S/C30H33N3O5/c1-20-7-3-4-10-24(20)31-30(37)32-25-14-12-22(18-27(25)38-2)19-28(34)33-16-6-11-26(33)23-9-5-8-21(17-23)13-15-29(35)36/h3-5,7-10,12,14,17-18,26H,6,11,13,15-16,19H2,1-2H3,(H,35,36)(H2,31,32,37). The molecule has 1 fully saturated rings. The lowest BCUT2D eigenvalue weighted by Crippen LogP contribution is -2.31. The molecule has 1 saturated heterocycles. The molecule has 1 aliphatic heterocycles. The Labute approximate surface area is 222 Å². The van der Waals surface area contributed by atoms with Crippen LogP contribution in [-0.4, -0.2) is 41.6 Å². The molecule has 3 N–H and O–H groups in total. The number of hydrogen-bond donors (Lipinski definition) is 3. The van der Waals surface area contributed by atoms with Gasteiger partial charge in [-0.1, -0.05) is 48.5 Å². The van der Waals surface area contributed by atoms with Gasteiger partial charge < -0.3 is 25.4 Å². The van der Waals surface area contributed by atoms with E-state index in [2.05, 4.69) is 10.6 Å². The van der Waals surface area contributed by atoms with Gasteiger partial charge in [0.2, 0.25) is 5.91 Å². The number of aliphatic carboxylic acids is 1. The first kappa shape index (κ1) is 26.7. The highest BCUT2D eigenvalue weighted by atomic mass is 16.5. The van der Waals surface area contributed by atoms with Crippen molar-refractivity contribution in [2.45, 2.75) is 45.1 Å². The number of para-hydroxylation sites is 1. The molecule has 4 rings (SSSR count). The highest BCUT2D eigenvalue weighted by Gasteiger charge is 2.30. The summed E-state index contributed by atoms with van der Waals surface area (Å²) in [6.07, 6.45) is 2.54. The summed E-state index contributed by atoms with van der Waals surface area (Å²) in [5, 5.41) is 14.6. The fourth-order valence-electron chi connectivity index (χ4n) is 4.83. The maximum atomic E-state index is 13.3. The number of amides is 3. The number of rotatable bonds is 9. The van der Waals surface area contributed by atoms with E-state index >= 15 is 0 Å². The topological polar surface area (TPSA) is 108 Å². The van der Waals surface area contributed by atoms with Gasteiger partial charge in [-0.25, -0.2) is 4.79 Å². The molecular weight excluding hydrogens is 482 g/mol. The van der Waals surface area contributed by atoms with Crippen LogP contribution in [0.4, 0.5) is 16.2 Å². The predicted molar refractivity (Wildman–Crippen MR) is 147 cm³/mol. The average Bonchev–Trinajstić information content (AvgIpc) is 3.40. The third-order valence-corrected chi connectivity index (χ3v) is 6.80. The third kappa shape index (κ3) is 6.70. The molecule has 1 atom stereocenters. The smallest absolute Gasteiger partial charge is 0.323 e. The van der Waals surface area contributed by atoms with E-state index in [0.29, 0.717) is 24.4 Å². The number of nitrogens with zero attached hydrogens (tertiary/aromatic N) is 1. The Morgan fingerprint density at radius 3 is 2.53 bits per heavy atom. The molecule has 1 unspecified atom stereocenters. The average molecular weight is 516 g/mol. The first-order valence-electron chi connectivity index (χ1n) is 12.7. The maximum absolute atomic E-state index is 13.3. The second-order valence-corrected chi connectivity index (χ2v) is 9.49. The second kappa shape index (κ2) is 12.3. The summed E-state index contributed by atoms with van der Waals surface area (Å²) in [5.41, 5.74) is 4.97. The van der Waals surface area contributed by atoms with Crippen molar-refractivity contribution in [1.82, 2.24) is 4.90 Å². The van der Waals surface area contributed by atoms with E-state index in [4.69, 9.17) is 9.84 Å². The minimum atomic E-state index is -0.823. The van der Waals surface area contributed by atoms with Gasteiger partial charge in [0.15, 0.2) is 0 Å². The number of carbonyl (C=O) groups is 3. The van der Waals surface area contributed by atoms with Crippen molar-refractivity contribution < 1.29 is 24.2 Å². The quantitative estimate of drug-likeness (QED) is 0.345. The zero-order valence-corrected chi connectivity index (χ0v) is 21.7. The molecule has 3 aromatic rings.